The first-order valence-electron chi connectivity index (χ1n) is 6.18. The molecule has 0 spiro atoms. The standard InChI is InChI=1S/C14H15N3O3S/c1-10-5-6-12(4-3-7-15)9-13(10)21(18,19)17-14-8-11(2)16-20-14/h5-6,8-9,17H,7,15H2,1-2H3. The molecule has 2 rings (SSSR count). The Morgan fingerprint density at radius 3 is 2.71 bits per heavy atom. The van der Waals surface area contributed by atoms with Crippen LogP contribution in [0, 0.1) is 25.7 Å². The topological polar surface area (TPSA) is 98.2 Å². The molecule has 0 fully saturated rings. The predicted octanol–water partition coefficient (Wildman–Crippen LogP) is 1.40. The van der Waals surface area contributed by atoms with Crippen molar-refractivity contribution in [3.05, 3.63) is 41.1 Å². The third kappa shape index (κ3) is 3.62. The molecule has 0 saturated carbocycles. The molecule has 0 amide bonds. The number of sulfonamides is 1. The minimum Gasteiger partial charge on any atom is -0.338 e. The van der Waals surface area contributed by atoms with Gasteiger partial charge in [0.05, 0.1) is 17.1 Å². The zero-order valence-corrected chi connectivity index (χ0v) is 12.5. The van der Waals surface area contributed by atoms with E-state index in [0.29, 0.717) is 16.8 Å². The fourth-order valence-electron chi connectivity index (χ4n) is 1.72. The van der Waals surface area contributed by atoms with E-state index in [4.69, 9.17) is 10.3 Å². The van der Waals surface area contributed by atoms with Gasteiger partial charge in [0.15, 0.2) is 0 Å². The summed E-state index contributed by atoms with van der Waals surface area (Å²) in [6.07, 6.45) is 0. The molecule has 7 heteroatoms. The lowest BCUT2D eigenvalue weighted by atomic mass is 10.1. The summed E-state index contributed by atoms with van der Waals surface area (Å²) >= 11 is 0. The summed E-state index contributed by atoms with van der Waals surface area (Å²) in [6, 6.07) is 6.45. The van der Waals surface area contributed by atoms with E-state index in [2.05, 4.69) is 21.7 Å². The Bertz CT molecular complexity index is 813. The van der Waals surface area contributed by atoms with Gasteiger partial charge in [0.25, 0.3) is 10.0 Å². The van der Waals surface area contributed by atoms with E-state index in [-0.39, 0.29) is 17.3 Å². The maximum atomic E-state index is 12.4. The molecule has 0 unspecified atom stereocenters. The second-order valence-electron chi connectivity index (χ2n) is 4.42. The Labute approximate surface area is 123 Å². The second kappa shape index (κ2) is 5.99. The highest BCUT2D eigenvalue weighted by molar-refractivity contribution is 7.92. The van der Waals surface area contributed by atoms with Gasteiger partial charge < -0.3 is 10.3 Å². The summed E-state index contributed by atoms with van der Waals surface area (Å²) in [6.45, 7) is 3.63. The van der Waals surface area contributed by atoms with E-state index in [1.165, 1.54) is 12.1 Å². The molecule has 0 atom stereocenters. The Hall–Kier alpha value is -2.30. The Kier molecular flexibility index (Phi) is 4.31. The smallest absolute Gasteiger partial charge is 0.264 e. The van der Waals surface area contributed by atoms with Crippen molar-refractivity contribution in [2.24, 2.45) is 5.73 Å². The molecule has 2 aromatic rings. The van der Waals surface area contributed by atoms with Gasteiger partial charge in [0.1, 0.15) is 0 Å². The van der Waals surface area contributed by atoms with Crippen LogP contribution in [0.15, 0.2) is 33.7 Å². The molecule has 6 nitrogen and oxygen atoms in total. The third-order valence-electron chi connectivity index (χ3n) is 2.68. The molecule has 0 aliphatic rings. The lowest BCUT2D eigenvalue weighted by Gasteiger charge is -2.08. The number of nitrogens with two attached hydrogens (primary N) is 1. The Balaban J connectivity index is 2.39. The Morgan fingerprint density at radius 2 is 2.10 bits per heavy atom. The lowest BCUT2D eigenvalue weighted by molar-refractivity contribution is 0.430. The maximum Gasteiger partial charge on any atom is 0.264 e. The van der Waals surface area contributed by atoms with Crippen molar-refractivity contribution < 1.29 is 12.9 Å². The number of anilines is 1. The molecule has 1 aromatic carbocycles. The van der Waals surface area contributed by atoms with E-state index in [1.807, 2.05) is 0 Å². The van der Waals surface area contributed by atoms with Crippen LogP contribution in [0.25, 0.3) is 0 Å². The maximum absolute atomic E-state index is 12.4. The van der Waals surface area contributed by atoms with E-state index in [0.717, 1.165) is 0 Å². The number of nitrogens with one attached hydrogen (secondary N) is 1. The van der Waals surface area contributed by atoms with Gasteiger partial charge in [-0.1, -0.05) is 23.1 Å². The quantitative estimate of drug-likeness (QED) is 0.835. The normalized spacial score (nSPS) is 10.8. The van der Waals surface area contributed by atoms with Crippen molar-refractivity contribution in [1.29, 1.82) is 0 Å². The van der Waals surface area contributed by atoms with Crippen LogP contribution in [-0.4, -0.2) is 20.1 Å². The van der Waals surface area contributed by atoms with Gasteiger partial charge in [-0.2, -0.15) is 0 Å². The van der Waals surface area contributed by atoms with Gasteiger partial charge in [0.2, 0.25) is 5.88 Å². The largest absolute Gasteiger partial charge is 0.338 e. The summed E-state index contributed by atoms with van der Waals surface area (Å²) in [4.78, 5) is 0.139. The highest BCUT2D eigenvalue weighted by atomic mass is 32.2. The molecule has 0 aliphatic carbocycles. The first-order valence-corrected chi connectivity index (χ1v) is 7.66. The summed E-state index contributed by atoms with van der Waals surface area (Å²) < 4.78 is 32.0. The van der Waals surface area contributed by atoms with Gasteiger partial charge in [-0.05, 0) is 31.5 Å². The zero-order valence-electron chi connectivity index (χ0n) is 11.7. The molecular formula is C14H15N3O3S. The molecule has 0 radical (unpaired) electrons. The lowest BCUT2D eigenvalue weighted by Crippen LogP contribution is -2.14. The summed E-state index contributed by atoms with van der Waals surface area (Å²) in [5.74, 6) is 5.57. The van der Waals surface area contributed by atoms with Crippen LogP contribution in [0.5, 0.6) is 0 Å². The van der Waals surface area contributed by atoms with Crippen molar-refractivity contribution in [2.75, 3.05) is 11.3 Å². The minimum atomic E-state index is -3.76. The van der Waals surface area contributed by atoms with E-state index in [1.54, 1.807) is 26.0 Å². The molecular weight excluding hydrogens is 290 g/mol. The average molecular weight is 305 g/mol. The summed E-state index contributed by atoms with van der Waals surface area (Å²) in [5.41, 5.74) is 7.09. The fourth-order valence-corrected chi connectivity index (χ4v) is 2.96. The van der Waals surface area contributed by atoms with Gasteiger partial charge in [-0.15, -0.1) is 0 Å². The van der Waals surface area contributed by atoms with Crippen molar-refractivity contribution in [3.63, 3.8) is 0 Å². The molecule has 0 saturated heterocycles. The summed E-state index contributed by atoms with van der Waals surface area (Å²) in [5, 5.41) is 3.64. The number of aromatic nitrogens is 1. The molecule has 3 N–H and O–H groups in total. The minimum absolute atomic E-state index is 0.0744. The number of aryl methyl sites for hydroxylation is 2. The highest BCUT2D eigenvalue weighted by Crippen LogP contribution is 2.21. The van der Waals surface area contributed by atoms with Crippen LogP contribution in [0.4, 0.5) is 5.88 Å². The van der Waals surface area contributed by atoms with Crippen molar-refractivity contribution in [3.8, 4) is 11.8 Å². The number of hydrogen-bond acceptors (Lipinski definition) is 5. The van der Waals surface area contributed by atoms with Crippen LogP contribution < -0.4 is 10.5 Å². The van der Waals surface area contributed by atoms with Crippen LogP contribution in [0.3, 0.4) is 0 Å². The van der Waals surface area contributed by atoms with Crippen molar-refractivity contribution in [2.45, 2.75) is 18.7 Å². The van der Waals surface area contributed by atoms with Crippen molar-refractivity contribution >= 4 is 15.9 Å². The van der Waals surface area contributed by atoms with Crippen molar-refractivity contribution in [1.82, 2.24) is 5.16 Å². The van der Waals surface area contributed by atoms with Crippen LogP contribution >= 0.6 is 0 Å². The SMILES string of the molecule is Cc1cc(NS(=O)(=O)c2cc(C#CCN)ccc2C)on1. The molecule has 1 aromatic heterocycles. The summed E-state index contributed by atoms with van der Waals surface area (Å²) in [7, 11) is -3.76. The molecule has 1 heterocycles. The fraction of sp³-hybridized carbons (Fsp3) is 0.214. The van der Waals surface area contributed by atoms with Gasteiger partial charge in [0, 0.05) is 11.6 Å². The molecule has 0 bridgehead atoms. The molecule has 21 heavy (non-hydrogen) atoms. The van der Waals surface area contributed by atoms with E-state index >= 15 is 0 Å². The van der Waals surface area contributed by atoms with Crippen LogP contribution in [0.1, 0.15) is 16.8 Å². The number of benzene rings is 1. The number of hydrogen-bond donors (Lipinski definition) is 2. The number of nitrogens with zero attached hydrogens (tertiary/aromatic N) is 1. The van der Waals surface area contributed by atoms with Crippen LogP contribution in [0.2, 0.25) is 0 Å². The molecule has 110 valence electrons. The van der Waals surface area contributed by atoms with Gasteiger partial charge >= 0.3 is 0 Å². The molecule has 0 aliphatic heterocycles. The van der Waals surface area contributed by atoms with E-state index in [9.17, 15) is 8.42 Å². The average Bonchev–Trinajstić information content (AvgIpc) is 2.82. The Morgan fingerprint density at radius 1 is 1.33 bits per heavy atom. The highest BCUT2D eigenvalue weighted by Gasteiger charge is 2.19. The number of rotatable bonds is 3. The van der Waals surface area contributed by atoms with Gasteiger partial charge in [-0.3, -0.25) is 0 Å². The first kappa shape index (κ1) is 15.1. The monoisotopic (exact) mass is 305 g/mol. The zero-order chi connectivity index (χ0) is 15.5. The van der Waals surface area contributed by atoms with Gasteiger partial charge in [-0.25, -0.2) is 13.1 Å². The second-order valence-corrected chi connectivity index (χ2v) is 6.08. The first-order chi connectivity index (χ1) is 9.92. The predicted molar refractivity (Wildman–Crippen MR) is 79.2 cm³/mol. The van der Waals surface area contributed by atoms with E-state index < -0.39 is 10.0 Å². The third-order valence-corrected chi connectivity index (χ3v) is 4.16. The van der Waals surface area contributed by atoms with Crippen LogP contribution in [-0.2, 0) is 10.0 Å².